The quantitative estimate of drug-likeness (QED) is 0.468. The minimum atomic E-state index is -3.90. The number of halogens is 4. The molecule has 2 aromatic carbocycles. The number of sulfonamides is 1. The van der Waals surface area contributed by atoms with Crippen LogP contribution in [0.15, 0.2) is 40.3 Å². The minimum Gasteiger partial charge on any atom is -0.488 e. The lowest BCUT2D eigenvalue weighted by atomic mass is 10.2. The Balaban J connectivity index is 2.18. The van der Waals surface area contributed by atoms with Crippen molar-refractivity contribution in [3.63, 3.8) is 0 Å². The van der Waals surface area contributed by atoms with Crippen LogP contribution in [0.25, 0.3) is 0 Å². The third-order valence-corrected chi connectivity index (χ3v) is 5.48. The molecule has 0 unspecified atom stereocenters. The van der Waals surface area contributed by atoms with Crippen molar-refractivity contribution in [3.8, 4) is 5.75 Å². The molecule has 26 heavy (non-hydrogen) atoms. The second kappa shape index (κ2) is 8.67. The Morgan fingerprint density at radius 2 is 1.62 bits per heavy atom. The Labute approximate surface area is 171 Å². The molecule has 0 aliphatic rings. The molecular formula is C16H14Cl4N2O3S. The normalized spacial score (nSPS) is 12.0. The van der Waals surface area contributed by atoms with Gasteiger partial charge in [-0.25, -0.2) is 4.83 Å². The van der Waals surface area contributed by atoms with E-state index in [2.05, 4.69) is 9.93 Å². The van der Waals surface area contributed by atoms with E-state index >= 15 is 0 Å². The Morgan fingerprint density at radius 1 is 1.00 bits per heavy atom. The summed E-state index contributed by atoms with van der Waals surface area (Å²) >= 11 is 23.9. The number of hydrogen-bond donors (Lipinski definition) is 1. The highest BCUT2D eigenvalue weighted by Gasteiger charge is 2.15. The van der Waals surface area contributed by atoms with E-state index in [0.717, 1.165) is 0 Å². The summed E-state index contributed by atoms with van der Waals surface area (Å²) in [5, 5.41) is 4.68. The van der Waals surface area contributed by atoms with Crippen LogP contribution in [-0.4, -0.2) is 20.7 Å². The maximum atomic E-state index is 12.2. The molecule has 0 aliphatic carbocycles. The van der Waals surface area contributed by atoms with E-state index in [1.165, 1.54) is 24.4 Å². The monoisotopic (exact) mass is 454 g/mol. The number of rotatable bonds is 6. The molecule has 5 nitrogen and oxygen atoms in total. The van der Waals surface area contributed by atoms with Gasteiger partial charge in [0.2, 0.25) is 0 Å². The molecule has 0 radical (unpaired) electrons. The maximum Gasteiger partial charge on any atom is 0.276 e. The van der Waals surface area contributed by atoms with Crippen LogP contribution in [0.1, 0.15) is 19.4 Å². The van der Waals surface area contributed by atoms with Gasteiger partial charge in [-0.2, -0.15) is 13.5 Å². The third-order valence-electron chi connectivity index (χ3n) is 2.96. The second-order valence-corrected chi connectivity index (χ2v) is 8.70. The Hall–Kier alpha value is -1.18. The highest BCUT2D eigenvalue weighted by atomic mass is 35.5. The van der Waals surface area contributed by atoms with Gasteiger partial charge in [0, 0.05) is 0 Å². The number of benzene rings is 2. The van der Waals surface area contributed by atoms with Gasteiger partial charge in [-0.15, -0.1) is 0 Å². The summed E-state index contributed by atoms with van der Waals surface area (Å²) in [6.07, 6.45) is 1.17. The summed E-state index contributed by atoms with van der Waals surface area (Å²) in [4.78, 5) is 2.01. The summed E-state index contributed by atoms with van der Waals surface area (Å²) < 4.78 is 29.9. The molecule has 0 aromatic heterocycles. The summed E-state index contributed by atoms with van der Waals surface area (Å²) in [6, 6.07) is 7.05. The Morgan fingerprint density at radius 3 is 2.15 bits per heavy atom. The molecule has 0 saturated carbocycles. The van der Waals surface area contributed by atoms with Crippen LogP contribution in [0.4, 0.5) is 0 Å². The Kier molecular flexibility index (Phi) is 7.05. The van der Waals surface area contributed by atoms with Crippen molar-refractivity contribution in [2.24, 2.45) is 5.10 Å². The molecule has 2 aromatic rings. The van der Waals surface area contributed by atoms with E-state index in [9.17, 15) is 8.42 Å². The maximum absolute atomic E-state index is 12.2. The van der Waals surface area contributed by atoms with E-state index in [4.69, 9.17) is 51.1 Å². The summed E-state index contributed by atoms with van der Waals surface area (Å²) in [5.74, 6) is 0.358. The number of nitrogens with zero attached hydrogens (tertiary/aromatic N) is 1. The first-order chi connectivity index (χ1) is 12.1. The molecule has 0 atom stereocenters. The molecule has 0 aliphatic heterocycles. The molecule has 0 spiro atoms. The minimum absolute atomic E-state index is 0.0687. The van der Waals surface area contributed by atoms with Crippen molar-refractivity contribution >= 4 is 62.6 Å². The van der Waals surface area contributed by atoms with Crippen molar-refractivity contribution in [1.29, 1.82) is 0 Å². The number of nitrogens with one attached hydrogen (secondary N) is 1. The number of hydrazone groups is 1. The van der Waals surface area contributed by atoms with E-state index in [-0.39, 0.29) is 21.0 Å². The van der Waals surface area contributed by atoms with Crippen LogP contribution in [0, 0.1) is 0 Å². The molecule has 0 amide bonds. The molecule has 10 heteroatoms. The lowest BCUT2D eigenvalue weighted by molar-refractivity contribution is 0.243. The predicted octanol–water partition coefficient (Wildman–Crippen LogP) is 5.40. The van der Waals surface area contributed by atoms with Gasteiger partial charge in [-0.05, 0) is 49.7 Å². The molecule has 140 valence electrons. The third kappa shape index (κ3) is 5.41. The van der Waals surface area contributed by atoms with Crippen LogP contribution < -0.4 is 9.57 Å². The van der Waals surface area contributed by atoms with Crippen molar-refractivity contribution in [3.05, 3.63) is 56.0 Å². The zero-order chi connectivity index (χ0) is 19.5. The van der Waals surface area contributed by atoms with Gasteiger partial charge in [-0.1, -0.05) is 46.4 Å². The lowest BCUT2D eigenvalue weighted by Crippen LogP contribution is -2.18. The highest BCUT2D eigenvalue weighted by molar-refractivity contribution is 7.89. The average Bonchev–Trinajstić information content (AvgIpc) is 2.53. The summed E-state index contributed by atoms with van der Waals surface area (Å²) in [5.41, 5.74) is 0.493. The van der Waals surface area contributed by atoms with Gasteiger partial charge in [0.25, 0.3) is 10.0 Å². The average molecular weight is 456 g/mol. The van der Waals surface area contributed by atoms with E-state index in [0.29, 0.717) is 21.4 Å². The molecular weight excluding hydrogens is 442 g/mol. The van der Waals surface area contributed by atoms with Crippen LogP contribution in [-0.2, 0) is 10.0 Å². The van der Waals surface area contributed by atoms with Gasteiger partial charge in [-0.3, -0.25) is 0 Å². The lowest BCUT2D eigenvalue weighted by Gasteiger charge is -2.13. The van der Waals surface area contributed by atoms with Gasteiger partial charge < -0.3 is 4.74 Å². The first-order valence-corrected chi connectivity index (χ1v) is 10.3. The van der Waals surface area contributed by atoms with Crippen molar-refractivity contribution in [1.82, 2.24) is 4.83 Å². The van der Waals surface area contributed by atoms with Gasteiger partial charge in [0.15, 0.2) is 5.75 Å². The van der Waals surface area contributed by atoms with Crippen molar-refractivity contribution in [2.45, 2.75) is 24.8 Å². The molecule has 0 bridgehead atoms. The highest BCUT2D eigenvalue weighted by Crippen LogP contribution is 2.34. The molecule has 0 saturated heterocycles. The SMILES string of the molecule is CC(C)Oc1c(Cl)cc(/C=N/NS(=O)(=O)c2ccc(Cl)c(Cl)c2)cc1Cl. The van der Waals surface area contributed by atoms with Crippen LogP contribution >= 0.6 is 46.4 Å². The second-order valence-electron chi connectivity index (χ2n) is 5.41. The Bertz CT molecular complexity index is 924. The fraction of sp³-hybridized carbons (Fsp3) is 0.188. The van der Waals surface area contributed by atoms with Crippen molar-refractivity contribution in [2.75, 3.05) is 0 Å². The van der Waals surface area contributed by atoms with E-state index in [1.807, 2.05) is 13.8 Å². The largest absolute Gasteiger partial charge is 0.488 e. The number of hydrogen-bond acceptors (Lipinski definition) is 4. The molecule has 0 fully saturated rings. The topological polar surface area (TPSA) is 67.8 Å². The van der Waals surface area contributed by atoms with E-state index in [1.54, 1.807) is 12.1 Å². The fourth-order valence-electron chi connectivity index (χ4n) is 1.87. The number of ether oxygens (including phenoxy) is 1. The predicted molar refractivity (Wildman–Crippen MR) is 107 cm³/mol. The summed E-state index contributed by atoms with van der Waals surface area (Å²) in [6.45, 7) is 3.69. The molecule has 1 N–H and O–H groups in total. The van der Waals surface area contributed by atoms with Crippen LogP contribution in [0.3, 0.4) is 0 Å². The smallest absolute Gasteiger partial charge is 0.276 e. The standard InChI is InChI=1S/C16H14Cl4N2O3S/c1-9(2)25-16-14(19)5-10(6-15(16)20)8-21-22-26(23,24)11-3-4-12(17)13(18)7-11/h3-9,22H,1-2H3/b21-8+. The molecule has 0 heterocycles. The van der Waals surface area contributed by atoms with Gasteiger partial charge in [0.05, 0.1) is 37.3 Å². The first-order valence-electron chi connectivity index (χ1n) is 7.26. The van der Waals surface area contributed by atoms with E-state index < -0.39 is 10.0 Å². The zero-order valence-electron chi connectivity index (χ0n) is 13.6. The zero-order valence-corrected chi connectivity index (χ0v) is 17.5. The van der Waals surface area contributed by atoms with Crippen molar-refractivity contribution < 1.29 is 13.2 Å². The van der Waals surface area contributed by atoms with Crippen LogP contribution in [0.2, 0.25) is 20.1 Å². The molecule has 2 rings (SSSR count). The van der Waals surface area contributed by atoms with Gasteiger partial charge in [0.1, 0.15) is 0 Å². The fourth-order valence-corrected chi connectivity index (χ4v) is 3.64. The van der Waals surface area contributed by atoms with Gasteiger partial charge >= 0.3 is 0 Å². The first kappa shape index (κ1) is 21.1. The van der Waals surface area contributed by atoms with Crippen LogP contribution in [0.5, 0.6) is 5.75 Å². The summed E-state index contributed by atoms with van der Waals surface area (Å²) in [7, 11) is -3.90.